The van der Waals surface area contributed by atoms with Crippen LogP contribution in [-0.2, 0) is 4.79 Å². The highest BCUT2D eigenvalue weighted by molar-refractivity contribution is 5.76. The quantitative estimate of drug-likeness (QED) is 0.878. The van der Waals surface area contributed by atoms with Gasteiger partial charge in [0.2, 0.25) is 0 Å². The van der Waals surface area contributed by atoms with E-state index in [4.69, 9.17) is 0 Å². The van der Waals surface area contributed by atoms with Crippen molar-refractivity contribution in [2.24, 2.45) is 0 Å². The van der Waals surface area contributed by atoms with Crippen LogP contribution in [0, 0.1) is 0 Å². The lowest BCUT2D eigenvalue weighted by molar-refractivity contribution is -0.116. The molecule has 0 unspecified atom stereocenters. The van der Waals surface area contributed by atoms with Crippen molar-refractivity contribution in [3.8, 4) is 0 Å². The zero-order valence-corrected chi connectivity index (χ0v) is 13.2. The number of ketones is 1. The summed E-state index contributed by atoms with van der Waals surface area (Å²) in [5.41, 5.74) is 0.893. The molecule has 0 bridgehead atoms. The summed E-state index contributed by atoms with van der Waals surface area (Å²) in [6.07, 6.45) is 3.49. The molecular formula is C16H21N3O3. The first-order valence-electron chi connectivity index (χ1n) is 7.57. The number of hydrogen-bond acceptors (Lipinski definition) is 5. The van der Waals surface area contributed by atoms with Crippen LogP contribution in [0.4, 0.5) is 0 Å². The molecule has 6 heteroatoms. The Hall–Kier alpha value is -2.24. The molecule has 0 aliphatic carbocycles. The van der Waals surface area contributed by atoms with Crippen molar-refractivity contribution < 1.29 is 9.90 Å². The molecule has 0 radical (unpaired) electrons. The highest BCUT2D eigenvalue weighted by Crippen LogP contribution is 2.21. The van der Waals surface area contributed by atoms with Crippen LogP contribution in [0.3, 0.4) is 0 Å². The second kappa shape index (κ2) is 6.68. The molecule has 0 spiro atoms. The van der Waals surface area contributed by atoms with E-state index in [1.807, 2.05) is 0 Å². The average molecular weight is 303 g/mol. The second-order valence-electron chi connectivity index (χ2n) is 5.47. The van der Waals surface area contributed by atoms with E-state index >= 15 is 0 Å². The summed E-state index contributed by atoms with van der Waals surface area (Å²) < 4.78 is 1.62. The van der Waals surface area contributed by atoms with Crippen molar-refractivity contribution >= 4 is 17.2 Å². The first-order valence-corrected chi connectivity index (χ1v) is 7.57. The fourth-order valence-electron chi connectivity index (χ4n) is 2.67. The highest BCUT2D eigenvalue weighted by atomic mass is 16.3. The first kappa shape index (κ1) is 16.1. The van der Waals surface area contributed by atoms with Crippen LogP contribution in [0.2, 0.25) is 0 Å². The molecule has 6 nitrogen and oxygen atoms in total. The van der Waals surface area contributed by atoms with Crippen LogP contribution in [0.5, 0.6) is 0 Å². The predicted molar refractivity (Wildman–Crippen MR) is 83.7 cm³/mol. The van der Waals surface area contributed by atoms with E-state index < -0.39 is 0 Å². The van der Waals surface area contributed by atoms with Gasteiger partial charge in [-0.3, -0.25) is 4.79 Å². The molecular weight excluding hydrogens is 282 g/mol. The van der Waals surface area contributed by atoms with Crippen molar-refractivity contribution in [2.75, 3.05) is 0 Å². The molecule has 0 aromatic carbocycles. The molecule has 2 aromatic rings. The Morgan fingerprint density at radius 2 is 2.00 bits per heavy atom. The van der Waals surface area contributed by atoms with Crippen LogP contribution in [0.25, 0.3) is 11.4 Å². The zero-order valence-electron chi connectivity index (χ0n) is 13.2. The summed E-state index contributed by atoms with van der Waals surface area (Å²) >= 11 is 0. The molecule has 0 aliphatic rings. The number of hydrogen-bond donors (Lipinski definition) is 1. The van der Waals surface area contributed by atoms with E-state index in [0.717, 1.165) is 18.5 Å². The zero-order chi connectivity index (χ0) is 16.3. The minimum Gasteiger partial charge on any atom is -0.511 e. The molecule has 0 fully saturated rings. The van der Waals surface area contributed by atoms with Crippen LogP contribution < -0.4 is 10.6 Å². The summed E-state index contributed by atoms with van der Waals surface area (Å²) in [6, 6.07) is 1.53. The third-order valence-electron chi connectivity index (χ3n) is 3.95. The third-order valence-corrected chi connectivity index (χ3v) is 3.95. The molecule has 118 valence electrons. The smallest absolute Gasteiger partial charge is 0.194 e. The van der Waals surface area contributed by atoms with Gasteiger partial charge >= 0.3 is 0 Å². The molecule has 0 amide bonds. The van der Waals surface area contributed by atoms with Crippen LogP contribution >= 0.6 is 0 Å². The Labute approximate surface area is 128 Å². The molecule has 0 saturated carbocycles. The molecule has 0 atom stereocenters. The normalized spacial score (nSPS) is 12.9. The minimum absolute atomic E-state index is 0.0369. The van der Waals surface area contributed by atoms with Gasteiger partial charge in [-0.2, -0.15) is 5.10 Å². The molecule has 0 saturated heterocycles. The number of aromatic nitrogens is 3. The Kier molecular flexibility index (Phi) is 4.90. The van der Waals surface area contributed by atoms with E-state index in [0.29, 0.717) is 5.65 Å². The topological polar surface area (TPSA) is 84.6 Å². The van der Waals surface area contributed by atoms with Gasteiger partial charge in [0.1, 0.15) is 23.1 Å². The number of Topliss-reactive ketones (excluding diaryl/α,β-unsaturated/α-hetero) is 1. The number of fused-ring (bicyclic) bond motifs is 1. The standard InChI is InChI=1S/C16H21N3O3/c1-4-11(5-2)12-8-14(22)15(13(21)7-6-10(3)20)16-17-9-18-19(12)16/h8-9,11,21H,4-7H2,1-3H3. The van der Waals surface area contributed by atoms with Gasteiger partial charge in [-0.25, -0.2) is 9.50 Å². The second-order valence-corrected chi connectivity index (χ2v) is 5.47. The number of aliphatic hydroxyl groups is 1. The Balaban J connectivity index is 2.69. The molecule has 22 heavy (non-hydrogen) atoms. The van der Waals surface area contributed by atoms with Gasteiger partial charge in [0, 0.05) is 24.8 Å². The average Bonchev–Trinajstić information content (AvgIpc) is 2.95. The molecule has 1 N–H and O–H groups in total. The summed E-state index contributed by atoms with van der Waals surface area (Å²) in [6.45, 7) is 5.58. The van der Waals surface area contributed by atoms with E-state index in [1.54, 1.807) is 4.52 Å². The molecule has 2 rings (SSSR count). The van der Waals surface area contributed by atoms with Gasteiger partial charge in [0.05, 0.1) is 5.69 Å². The van der Waals surface area contributed by atoms with Crippen LogP contribution in [0.15, 0.2) is 17.2 Å². The fraction of sp³-hybridized carbons (Fsp3) is 0.500. The van der Waals surface area contributed by atoms with E-state index in [2.05, 4.69) is 23.9 Å². The van der Waals surface area contributed by atoms with Crippen molar-refractivity contribution in [1.29, 1.82) is 0 Å². The summed E-state index contributed by atoms with van der Waals surface area (Å²) in [4.78, 5) is 27.6. The Morgan fingerprint density at radius 3 is 2.59 bits per heavy atom. The number of pyridine rings is 1. The molecule has 2 heterocycles. The maximum Gasteiger partial charge on any atom is 0.194 e. The van der Waals surface area contributed by atoms with Crippen molar-refractivity contribution in [3.05, 3.63) is 33.5 Å². The van der Waals surface area contributed by atoms with E-state index in [9.17, 15) is 14.7 Å². The first-order chi connectivity index (χ1) is 10.5. The number of carbonyl (C=O) groups is 1. The Morgan fingerprint density at radius 1 is 1.32 bits per heavy atom. The SMILES string of the molecule is CCC(CC)c1cc(=O)c(=C(O)CCC(C)=O)c2ncnn12. The maximum atomic E-state index is 12.4. The lowest BCUT2D eigenvalue weighted by atomic mass is 9.98. The fourth-order valence-corrected chi connectivity index (χ4v) is 2.67. The van der Waals surface area contributed by atoms with Gasteiger partial charge in [-0.05, 0) is 19.8 Å². The maximum absolute atomic E-state index is 12.4. The lowest BCUT2D eigenvalue weighted by Crippen LogP contribution is -2.31. The van der Waals surface area contributed by atoms with Gasteiger partial charge in [0.25, 0.3) is 0 Å². The number of rotatable bonds is 6. The van der Waals surface area contributed by atoms with Gasteiger partial charge in [-0.1, -0.05) is 13.8 Å². The minimum atomic E-state index is -0.275. The summed E-state index contributed by atoms with van der Waals surface area (Å²) in [5.74, 6) is 0.0738. The third kappa shape index (κ3) is 3.00. The monoisotopic (exact) mass is 303 g/mol. The largest absolute Gasteiger partial charge is 0.511 e. The van der Waals surface area contributed by atoms with Crippen molar-refractivity contribution in [2.45, 2.75) is 52.4 Å². The van der Waals surface area contributed by atoms with Crippen molar-refractivity contribution in [1.82, 2.24) is 14.6 Å². The van der Waals surface area contributed by atoms with Crippen LogP contribution in [-0.4, -0.2) is 25.5 Å². The number of carbonyl (C=O) groups excluding carboxylic acids is 1. The van der Waals surface area contributed by atoms with Gasteiger partial charge < -0.3 is 9.90 Å². The number of nitrogens with zero attached hydrogens (tertiary/aromatic N) is 3. The predicted octanol–water partition coefficient (Wildman–Crippen LogP) is 1.75. The highest BCUT2D eigenvalue weighted by Gasteiger charge is 2.16. The van der Waals surface area contributed by atoms with Gasteiger partial charge in [0.15, 0.2) is 11.1 Å². The lowest BCUT2D eigenvalue weighted by Gasteiger charge is -2.13. The molecule has 0 aliphatic heterocycles. The summed E-state index contributed by atoms with van der Waals surface area (Å²) in [5, 5.41) is 14.5. The van der Waals surface area contributed by atoms with E-state index in [-0.39, 0.29) is 40.9 Å². The van der Waals surface area contributed by atoms with Gasteiger partial charge in [-0.15, -0.1) is 0 Å². The van der Waals surface area contributed by atoms with Crippen LogP contribution in [0.1, 0.15) is 58.1 Å². The molecule has 2 aromatic heterocycles. The summed E-state index contributed by atoms with van der Waals surface area (Å²) in [7, 11) is 0. The van der Waals surface area contributed by atoms with Crippen molar-refractivity contribution in [3.63, 3.8) is 0 Å². The van der Waals surface area contributed by atoms with E-state index in [1.165, 1.54) is 19.3 Å². The Bertz CT molecular complexity index is 791. The number of aliphatic hydroxyl groups excluding tert-OH is 1.